The number of hydrogen-bond donors (Lipinski definition) is 0. The Morgan fingerprint density at radius 3 is 1.52 bits per heavy atom. The number of ketones is 1. The highest BCUT2D eigenvalue weighted by atomic mass is 16.5. The lowest BCUT2D eigenvalue weighted by Gasteiger charge is -2.35. The normalized spacial score (nSPS) is 30.6. The molecule has 2 aromatic carbocycles. The molecular weight excluding hydrogens is 260 g/mol. The van der Waals surface area contributed by atoms with Crippen molar-refractivity contribution in [2.75, 3.05) is 0 Å². The van der Waals surface area contributed by atoms with Crippen molar-refractivity contribution in [1.29, 1.82) is 0 Å². The van der Waals surface area contributed by atoms with Gasteiger partial charge < -0.3 is 4.74 Å². The Hall–Kier alpha value is -2.19. The number of rotatable bonds is 2. The van der Waals surface area contributed by atoms with E-state index in [0.717, 1.165) is 11.1 Å². The quantitative estimate of drug-likeness (QED) is 0.785. The molecular formula is C19H16O2. The highest BCUT2D eigenvalue weighted by molar-refractivity contribution is 5.94. The lowest BCUT2D eigenvalue weighted by molar-refractivity contribution is -0.134. The molecule has 1 saturated heterocycles. The topological polar surface area (TPSA) is 26.3 Å². The summed E-state index contributed by atoms with van der Waals surface area (Å²) in [6.45, 7) is 0. The molecule has 0 radical (unpaired) electrons. The Balaban J connectivity index is 1.77. The van der Waals surface area contributed by atoms with Gasteiger partial charge >= 0.3 is 0 Å². The first-order valence-electron chi connectivity index (χ1n) is 7.32. The van der Waals surface area contributed by atoms with Gasteiger partial charge in [-0.3, -0.25) is 4.79 Å². The zero-order valence-electron chi connectivity index (χ0n) is 11.6. The van der Waals surface area contributed by atoms with Gasteiger partial charge in [0.15, 0.2) is 5.78 Å². The first-order chi connectivity index (χ1) is 10.3. The Bertz CT molecular complexity index is 618. The summed E-state index contributed by atoms with van der Waals surface area (Å²) in [5, 5.41) is 0. The molecule has 2 aliphatic heterocycles. The second-order valence-corrected chi connectivity index (χ2v) is 5.63. The molecule has 2 aromatic rings. The van der Waals surface area contributed by atoms with Crippen molar-refractivity contribution in [3.8, 4) is 0 Å². The lowest BCUT2D eigenvalue weighted by Crippen LogP contribution is -2.40. The van der Waals surface area contributed by atoms with Gasteiger partial charge in [0.2, 0.25) is 0 Å². The van der Waals surface area contributed by atoms with Gasteiger partial charge in [-0.05, 0) is 11.1 Å². The number of carbonyl (C=O) groups excluding carboxylic acids is 1. The van der Waals surface area contributed by atoms with Crippen molar-refractivity contribution in [2.24, 2.45) is 0 Å². The lowest BCUT2D eigenvalue weighted by atomic mass is 9.78. The molecule has 2 heteroatoms. The third-order valence-corrected chi connectivity index (χ3v) is 4.39. The van der Waals surface area contributed by atoms with Crippen molar-refractivity contribution < 1.29 is 9.53 Å². The Morgan fingerprint density at radius 2 is 1.10 bits per heavy atom. The molecule has 4 rings (SSSR count). The summed E-state index contributed by atoms with van der Waals surface area (Å²) < 4.78 is 6.07. The molecule has 104 valence electrons. The van der Waals surface area contributed by atoms with Gasteiger partial charge in [0.25, 0.3) is 0 Å². The summed E-state index contributed by atoms with van der Waals surface area (Å²) in [6.07, 6.45) is 3.85. The molecule has 2 aliphatic rings. The van der Waals surface area contributed by atoms with E-state index in [2.05, 4.69) is 0 Å². The zero-order chi connectivity index (χ0) is 14.2. The third-order valence-electron chi connectivity index (χ3n) is 4.39. The molecule has 0 amide bonds. The minimum Gasteiger partial charge on any atom is -0.365 e. The van der Waals surface area contributed by atoms with Crippen molar-refractivity contribution in [2.45, 2.75) is 24.0 Å². The van der Waals surface area contributed by atoms with Crippen LogP contribution in [-0.2, 0) is 9.53 Å². The van der Waals surface area contributed by atoms with E-state index in [0.29, 0.717) is 0 Å². The van der Waals surface area contributed by atoms with Gasteiger partial charge in [0.05, 0.1) is 24.0 Å². The van der Waals surface area contributed by atoms with E-state index in [1.54, 1.807) is 0 Å². The molecule has 1 fully saturated rings. The van der Waals surface area contributed by atoms with Crippen molar-refractivity contribution in [3.05, 3.63) is 83.9 Å². The molecule has 21 heavy (non-hydrogen) atoms. The number of fused-ring (bicyclic) bond motifs is 2. The fourth-order valence-corrected chi connectivity index (χ4v) is 3.42. The number of ether oxygens (including phenoxy) is 1. The van der Waals surface area contributed by atoms with E-state index in [1.807, 2.05) is 72.8 Å². The standard InChI is InChI=1S/C19H16O2/c20-19-17(13-7-3-1-4-8-13)15-11-12-16(21-15)18(19)14-9-5-2-6-10-14/h1-12,15-18H. The fraction of sp³-hybridized carbons (Fsp3) is 0.211. The van der Waals surface area contributed by atoms with Crippen molar-refractivity contribution in [3.63, 3.8) is 0 Å². The fourth-order valence-electron chi connectivity index (χ4n) is 3.42. The Kier molecular flexibility index (Phi) is 2.97. The summed E-state index contributed by atoms with van der Waals surface area (Å²) in [6, 6.07) is 19.9. The van der Waals surface area contributed by atoms with E-state index in [9.17, 15) is 4.79 Å². The summed E-state index contributed by atoms with van der Waals surface area (Å²) in [5.74, 6) is -0.142. The largest absolute Gasteiger partial charge is 0.365 e. The maximum Gasteiger partial charge on any atom is 0.153 e. The summed E-state index contributed by atoms with van der Waals surface area (Å²) in [5.41, 5.74) is 2.08. The van der Waals surface area contributed by atoms with Crippen LogP contribution >= 0.6 is 0 Å². The minimum absolute atomic E-state index is 0.120. The summed E-state index contributed by atoms with van der Waals surface area (Å²) >= 11 is 0. The van der Waals surface area contributed by atoms with Crippen LogP contribution in [0.25, 0.3) is 0 Å². The molecule has 0 N–H and O–H groups in total. The van der Waals surface area contributed by atoms with Crippen LogP contribution in [0, 0.1) is 0 Å². The monoisotopic (exact) mass is 276 g/mol. The van der Waals surface area contributed by atoms with Gasteiger partial charge in [-0.25, -0.2) is 0 Å². The van der Waals surface area contributed by atoms with E-state index >= 15 is 0 Å². The van der Waals surface area contributed by atoms with Crippen LogP contribution in [0.5, 0.6) is 0 Å². The first-order valence-corrected chi connectivity index (χ1v) is 7.32. The van der Waals surface area contributed by atoms with E-state index in [1.165, 1.54) is 0 Å². The summed E-state index contributed by atoms with van der Waals surface area (Å²) in [7, 11) is 0. The van der Waals surface area contributed by atoms with Gasteiger partial charge in [-0.1, -0.05) is 72.8 Å². The highest BCUT2D eigenvalue weighted by Crippen LogP contribution is 2.43. The molecule has 0 saturated carbocycles. The van der Waals surface area contributed by atoms with Crippen LogP contribution in [0.1, 0.15) is 23.0 Å². The first kappa shape index (κ1) is 12.5. The number of carbonyl (C=O) groups is 1. The summed E-state index contributed by atoms with van der Waals surface area (Å²) in [4.78, 5) is 13.1. The number of Topliss-reactive ketones (excluding diaryl/α,β-unsaturated/α-hetero) is 1. The molecule has 4 unspecified atom stereocenters. The molecule has 0 aromatic heterocycles. The second-order valence-electron chi connectivity index (χ2n) is 5.63. The smallest absolute Gasteiger partial charge is 0.153 e. The van der Waals surface area contributed by atoms with Gasteiger partial charge in [0, 0.05) is 0 Å². The SMILES string of the molecule is O=C1C(c2ccccc2)C2C=CC(O2)C1c1ccccc1. The zero-order valence-corrected chi connectivity index (χ0v) is 11.6. The van der Waals surface area contributed by atoms with Crippen LogP contribution in [0.4, 0.5) is 0 Å². The molecule has 0 aliphatic carbocycles. The van der Waals surface area contributed by atoms with Gasteiger partial charge in [-0.15, -0.1) is 0 Å². The van der Waals surface area contributed by atoms with Crippen LogP contribution < -0.4 is 0 Å². The van der Waals surface area contributed by atoms with E-state index in [-0.39, 0.29) is 29.8 Å². The van der Waals surface area contributed by atoms with Crippen LogP contribution in [-0.4, -0.2) is 18.0 Å². The highest BCUT2D eigenvalue weighted by Gasteiger charge is 2.47. The predicted molar refractivity (Wildman–Crippen MR) is 81.2 cm³/mol. The van der Waals surface area contributed by atoms with Crippen LogP contribution in [0.15, 0.2) is 72.8 Å². The van der Waals surface area contributed by atoms with Gasteiger partial charge in [0.1, 0.15) is 0 Å². The maximum atomic E-state index is 13.1. The van der Waals surface area contributed by atoms with E-state index < -0.39 is 0 Å². The van der Waals surface area contributed by atoms with Crippen LogP contribution in [0.3, 0.4) is 0 Å². The van der Waals surface area contributed by atoms with Crippen molar-refractivity contribution in [1.82, 2.24) is 0 Å². The molecule has 4 atom stereocenters. The number of benzene rings is 2. The molecule has 2 nitrogen and oxygen atoms in total. The maximum absolute atomic E-state index is 13.1. The third kappa shape index (κ3) is 2.03. The second kappa shape index (κ2) is 4.97. The average Bonchev–Trinajstić information content (AvgIpc) is 2.94. The molecule has 2 heterocycles. The Labute approximate surface area is 124 Å². The van der Waals surface area contributed by atoms with Gasteiger partial charge in [-0.2, -0.15) is 0 Å². The minimum atomic E-state index is -0.202. The van der Waals surface area contributed by atoms with Crippen LogP contribution in [0.2, 0.25) is 0 Å². The number of hydrogen-bond acceptors (Lipinski definition) is 2. The molecule has 2 bridgehead atoms. The average molecular weight is 276 g/mol. The van der Waals surface area contributed by atoms with Crippen molar-refractivity contribution >= 4 is 5.78 Å². The Morgan fingerprint density at radius 1 is 0.667 bits per heavy atom. The van der Waals surface area contributed by atoms with E-state index in [4.69, 9.17) is 4.74 Å². The molecule has 0 spiro atoms. The predicted octanol–water partition coefficient (Wildman–Crippen LogP) is 3.46.